The molecular formula is C5H8NO3PS. The molecule has 1 aromatic rings. The van der Waals surface area contributed by atoms with Crippen molar-refractivity contribution in [2.45, 2.75) is 6.42 Å². The van der Waals surface area contributed by atoms with Gasteiger partial charge in [-0.25, -0.2) is 0 Å². The lowest BCUT2D eigenvalue weighted by Crippen LogP contribution is -1.90. The maximum Gasteiger partial charge on any atom is 0.325 e. The number of aromatic nitrogens is 1. The van der Waals surface area contributed by atoms with Crippen molar-refractivity contribution in [1.29, 1.82) is 0 Å². The molecule has 6 heteroatoms. The summed E-state index contributed by atoms with van der Waals surface area (Å²) in [6, 6.07) is 0. The Bertz CT molecular complexity index is 255. The predicted molar refractivity (Wildman–Crippen MR) is 42.7 cm³/mol. The molecule has 0 aliphatic rings. The van der Waals surface area contributed by atoms with Crippen LogP contribution in [0.4, 0.5) is 0 Å². The highest BCUT2D eigenvalue weighted by molar-refractivity contribution is 7.51. The van der Waals surface area contributed by atoms with Gasteiger partial charge in [0.2, 0.25) is 0 Å². The third kappa shape index (κ3) is 3.62. The van der Waals surface area contributed by atoms with Crippen molar-refractivity contribution in [2.75, 3.05) is 6.16 Å². The highest BCUT2D eigenvalue weighted by atomic mass is 32.1. The van der Waals surface area contributed by atoms with E-state index in [2.05, 4.69) is 4.98 Å². The maximum absolute atomic E-state index is 10.4. The van der Waals surface area contributed by atoms with Gasteiger partial charge in [-0.05, 0) is 6.42 Å². The van der Waals surface area contributed by atoms with Crippen LogP contribution in [0.15, 0.2) is 11.7 Å². The molecule has 1 rings (SSSR count). The molecule has 62 valence electrons. The SMILES string of the molecule is O=P(O)(O)CCc1cncs1. The normalized spacial score (nSPS) is 11.8. The van der Waals surface area contributed by atoms with Crippen LogP contribution in [0.1, 0.15) is 4.88 Å². The molecule has 0 saturated heterocycles. The number of aryl methyl sites for hydroxylation is 1. The molecule has 1 aromatic heterocycles. The summed E-state index contributed by atoms with van der Waals surface area (Å²) in [7, 11) is -3.83. The monoisotopic (exact) mass is 193 g/mol. The summed E-state index contributed by atoms with van der Waals surface area (Å²) in [6.45, 7) is 0. The van der Waals surface area contributed by atoms with Crippen molar-refractivity contribution in [1.82, 2.24) is 4.98 Å². The van der Waals surface area contributed by atoms with Crippen molar-refractivity contribution < 1.29 is 14.4 Å². The van der Waals surface area contributed by atoms with E-state index in [1.54, 1.807) is 11.7 Å². The lowest BCUT2D eigenvalue weighted by atomic mass is 10.4. The fourth-order valence-electron chi connectivity index (χ4n) is 0.621. The molecule has 0 atom stereocenters. The lowest BCUT2D eigenvalue weighted by molar-refractivity contribution is 0.373. The molecule has 11 heavy (non-hydrogen) atoms. The summed E-state index contributed by atoms with van der Waals surface area (Å²) in [5.41, 5.74) is 1.65. The fraction of sp³-hybridized carbons (Fsp3) is 0.400. The van der Waals surface area contributed by atoms with E-state index in [-0.39, 0.29) is 6.16 Å². The van der Waals surface area contributed by atoms with Crippen LogP contribution in [0.2, 0.25) is 0 Å². The zero-order valence-electron chi connectivity index (χ0n) is 5.67. The summed E-state index contributed by atoms with van der Waals surface area (Å²) in [5, 5.41) is 0. The summed E-state index contributed by atoms with van der Waals surface area (Å²) >= 11 is 1.41. The van der Waals surface area contributed by atoms with Gasteiger partial charge in [0.25, 0.3) is 0 Å². The summed E-state index contributed by atoms with van der Waals surface area (Å²) in [5.74, 6) is 0. The molecule has 0 aromatic carbocycles. The Balaban J connectivity index is 2.41. The molecule has 0 spiro atoms. The average Bonchev–Trinajstić information content (AvgIpc) is 2.32. The van der Waals surface area contributed by atoms with Crippen LogP contribution in [0.5, 0.6) is 0 Å². The highest BCUT2D eigenvalue weighted by Crippen LogP contribution is 2.35. The van der Waals surface area contributed by atoms with Gasteiger partial charge in [-0.2, -0.15) is 0 Å². The van der Waals surface area contributed by atoms with Crippen molar-refractivity contribution in [3.8, 4) is 0 Å². The van der Waals surface area contributed by atoms with Gasteiger partial charge in [-0.15, -0.1) is 11.3 Å². The minimum atomic E-state index is -3.83. The van der Waals surface area contributed by atoms with Gasteiger partial charge in [0, 0.05) is 11.1 Å². The molecule has 0 unspecified atom stereocenters. The molecule has 0 amide bonds. The second kappa shape index (κ2) is 3.45. The van der Waals surface area contributed by atoms with E-state index >= 15 is 0 Å². The molecule has 4 nitrogen and oxygen atoms in total. The minimum Gasteiger partial charge on any atom is -0.324 e. The van der Waals surface area contributed by atoms with E-state index in [4.69, 9.17) is 9.79 Å². The van der Waals surface area contributed by atoms with Gasteiger partial charge in [0.1, 0.15) is 0 Å². The zero-order chi connectivity index (χ0) is 8.32. The fourth-order valence-corrected chi connectivity index (χ4v) is 1.90. The van der Waals surface area contributed by atoms with Gasteiger partial charge in [-0.3, -0.25) is 9.55 Å². The summed E-state index contributed by atoms with van der Waals surface area (Å²) in [6.07, 6.45) is 1.95. The standard InChI is InChI=1S/C5H8NO3PS/c7-10(8,9)2-1-5-3-6-4-11-5/h3-4H,1-2H2,(H2,7,8,9). The Morgan fingerprint density at radius 3 is 2.82 bits per heavy atom. The highest BCUT2D eigenvalue weighted by Gasteiger charge is 2.12. The topological polar surface area (TPSA) is 70.4 Å². The molecule has 0 aliphatic carbocycles. The van der Waals surface area contributed by atoms with Crippen molar-refractivity contribution >= 4 is 18.9 Å². The van der Waals surface area contributed by atoms with E-state index in [0.29, 0.717) is 6.42 Å². The van der Waals surface area contributed by atoms with Crippen LogP contribution in [-0.4, -0.2) is 20.9 Å². The number of thiazole rings is 1. The van der Waals surface area contributed by atoms with Crippen LogP contribution in [0.3, 0.4) is 0 Å². The molecule has 1 heterocycles. The van der Waals surface area contributed by atoms with E-state index in [1.165, 1.54) is 11.3 Å². The second-order valence-corrected chi connectivity index (χ2v) is 4.85. The molecule has 0 saturated carbocycles. The molecule has 2 N–H and O–H groups in total. The quantitative estimate of drug-likeness (QED) is 0.698. The van der Waals surface area contributed by atoms with Crippen LogP contribution in [0, 0.1) is 0 Å². The Morgan fingerprint density at radius 1 is 1.64 bits per heavy atom. The van der Waals surface area contributed by atoms with Gasteiger partial charge in [-0.1, -0.05) is 0 Å². The van der Waals surface area contributed by atoms with Crippen LogP contribution < -0.4 is 0 Å². The van der Waals surface area contributed by atoms with Crippen molar-refractivity contribution in [3.05, 3.63) is 16.6 Å². The average molecular weight is 193 g/mol. The first-order valence-electron chi connectivity index (χ1n) is 3.00. The zero-order valence-corrected chi connectivity index (χ0v) is 7.39. The van der Waals surface area contributed by atoms with Gasteiger partial charge < -0.3 is 9.79 Å². The van der Waals surface area contributed by atoms with Crippen molar-refractivity contribution in [3.63, 3.8) is 0 Å². The Hall–Kier alpha value is -0.220. The Labute approximate surface area is 68.1 Å². The Morgan fingerprint density at radius 2 is 2.36 bits per heavy atom. The largest absolute Gasteiger partial charge is 0.325 e. The van der Waals surface area contributed by atoms with Gasteiger partial charge in [0.15, 0.2) is 0 Å². The van der Waals surface area contributed by atoms with Gasteiger partial charge >= 0.3 is 7.60 Å². The second-order valence-electron chi connectivity index (χ2n) is 2.11. The first kappa shape index (κ1) is 8.87. The number of hydrogen-bond donors (Lipinski definition) is 2. The first-order chi connectivity index (χ1) is 5.08. The van der Waals surface area contributed by atoms with Gasteiger partial charge in [0.05, 0.1) is 11.7 Å². The maximum atomic E-state index is 10.4. The molecular weight excluding hydrogens is 185 g/mol. The molecule has 0 fully saturated rings. The Kier molecular flexibility index (Phi) is 2.78. The van der Waals surface area contributed by atoms with Crippen molar-refractivity contribution in [2.24, 2.45) is 0 Å². The number of rotatable bonds is 3. The minimum absolute atomic E-state index is 0.0881. The molecule has 0 radical (unpaired) electrons. The molecule has 0 aliphatic heterocycles. The smallest absolute Gasteiger partial charge is 0.324 e. The van der Waals surface area contributed by atoms with E-state index in [1.807, 2.05) is 0 Å². The number of nitrogens with zero attached hydrogens (tertiary/aromatic N) is 1. The predicted octanol–water partition coefficient (Wildman–Crippen LogP) is 0.863. The van der Waals surface area contributed by atoms with E-state index in [9.17, 15) is 4.57 Å². The third-order valence-corrected chi connectivity index (χ3v) is 2.78. The van der Waals surface area contributed by atoms with E-state index in [0.717, 1.165) is 4.88 Å². The summed E-state index contributed by atoms with van der Waals surface area (Å²) < 4.78 is 10.4. The van der Waals surface area contributed by atoms with Crippen LogP contribution in [0.25, 0.3) is 0 Å². The lowest BCUT2D eigenvalue weighted by Gasteiger charge is -1.99. The number of hydrogen-bond acceptors (Lipinski definition) is 3. The van der Waals surface area contributed by atoms with E-state index < -0.39 is 7.60 Å². The first-order valence-corrected chi connectivity index (χ1v) is 5.67. The van der Waals surface area contributed by atoms with Crippen LogP contribution >= 0.6 is 18.9 Å². The van der Waals surface area contributed by atoms with Crippen LogP contribution in [-0.2, 0) is 11.0 Å². The third-order valence-electron chi connectivity index (χ3n) is 1.13. The molecule has 0 bridgehead atoms. The summed E-state index contributed by atoms with van der Waals surface area (Å²) in [4.78, 5) is 21.7.